The van der Waals surface area contributed by atoms with E-state index in [9.17, 15) is 15.0 Å². The molecule has 7 nitrogen and oxygen atoms in total. The number of hydrogen-bond acceptors (Lipinski definition) is 6. The molecule has 1 saturated heterocycles. The molecule has 0 spiro atoms. The van der Waals surface area contributed by atoms with E-state index in [0.29, 0.717) is 80.4 Å². The molecule has 3 aromatic rings. The molecule has 330 valence electrons. The van der Waals surface area contributed by atoms with Gasteiger partial charge in [0.05, 0.1) is 23.7 Å². The zero-order valence-electron chi connectivity index (χ0n) is 38.3. The fraction of sp³-hybridized carbons (Fsp3) is 0.582. The Balaban J connectivity index is 1.14. The summed E-state index contributed by atoms with van der Waals surface area (Å²) in [5, 5.41) is 24.9. The second kappa shape index (κ2) is 15.3. The Morgan fingerprint density at radius 1 is 0.839 bits per heavy atom. The number of hydrogen-bond donors (Lipinski definition) is 2. The summed E-state index contributed by atoms with van der Waals surface area (Å²) in [6.07, 6.45) is 10.5. The first-order chi connectivity index (χ1) is 29.3. The van der Waals surface area contributed by atoms with Crippen molar-refractivity contribution in [3.8, 4) is 11.1 Å². The lowest BCUT2D eigenvalue weighted by Crippen LogP contribution is -2.62. The summed E-state index contributed by atoms with van der Waals surface area (Å²) in [5.74, 6) is 0.800. The number of amides is 1. The van der Waals surface area contributed by atoms with Gasteiger partial charge in [0.2, 0.25) is 0 Å². The van der Waals surface area contributed by atoms with Crippen LogP contribution >= 0.6 is 0 Å². The number of aliphatic hydroxyl groups is 2. The SMILES string of the molecule is CC1=CCCC2(C)C(CCC2(O)CN(CC2CCC3CC2C3(C)C)C(=O)C23CCC(C)(C(=O)O2)C3(C)C)c2ccc(cc2C(=O)c2ccccc2-c2ccccc2)CC(O)CC1. The Labute approximate surface area is 369 Å². The largest absolute Gasteiger partial charge is 0.448 e. The van der Waals surface area contributed by atoms with Crippen LogP contribution in [0.25, 0.3) is 11.1 Å². The lowest BCUT2D eigenvalue weighted by Gasteiger charge is -2.61. The fourth-order valence-electron chi connectivity index (χ4n) is 13.9. The van der Waals surface area contributed by atoms with Crippen LogP contribution in [0.3, 0.4) is 0 Å². The Hall–Kier alpha value is -4.07. The van der Waals surface area contributed by atoms with E-state index in [0.717, 1.165) is 47.9 Å². The molecule has 1 heterocycles. The number of esters is 1. The molecule has 8 aliphatic rings. The number of benzene rings is 3. The van der Waals surface area contributed by atoms with Crippen LogP contribution in [0.4, 0.5) is 0 Å². The summed E-state index contributed by atoms with van der Waals surface area (Å²) in [4.78, 5) is 46.5. The highest BCUT2D eigenvalue weighted by Crippen LogP contribution is 2.67. The third-order valence-electron chi connectivity index (χ3n) is 18.8. The Kier molecular flexibility index (Phi) is 10.7. The highest BCUT2D eigenvalue weighted by atomic mass is 16.6. The maximum absolute atomic E-state index is 15.6. The second-order valence-electron chi connectivity index (χ2n) is 22.2. The van der Waals surface area contributed by atoms with Crippen molar-refractivity contribution in [2.45, 2.75) is 149 Å². The number of nitrogens with zero attached hydrogens (tertiary/aromatic N) is 1. The van der Waals surface area contributed by atoms with Gasteiger partial charge in [0.1, 0.15) is 0 Å². The van der Waals surface area contributed by atoms with Gasteiger partial charge in [0, 0.05) is 28.5 Å². The average Bonchev–Trinajstić information content (AvgIpc) is 3.69. The Morgan fingerprint density at radius 3 is 2.27 bits per heavy atom. The minimum atomic E-state index is -1.30. The predicted molar refractivity (Wildman–Crippen MR) is 243 cm³/mol. The first-order valence-electron chi connectivity index (χ1n) is 23.8. The number of rotatable bonds is 8. The fourth-order valence-corrected chi connectivity index (χ4v) is 13.9. The smallest absolute Gasteiger partial charge is 0.313 e. The molecular weight excluding hydrogens is 771 g/mol. The van der Waals surface area contributed by atoms with E-state index in [1.165, 1.54) is 12.0 Å². The van der Waals surface area contributed by atoms with Gasteiger partial charge in [-0.3, -0.25) is 14.4 Å². The van der Waals surface area contributed by atoms with Crippen molar-refractivity contribution in [2.24, 2.45) is 39.4 Å². The van der Waals surface area contributed by atoms with Crippen molar-refractivity contribution in [3.05, 3.63) is 107 Å². The molecule has 11 rings (SSSR count). The maximum atomic E-state index is 15.6. The molecule has 5 saturated carbocycles. The van der Waals surface area contributed by atoms with Gasteiger partial charge in [0.25, 0.3) is 5.91 Å². The Morgan fingerprint density at radius 2 is 1.58 bits per heavy atom. The van der Waals surface area contributed by atoms with Crippen molar-refractivity contribution < 1.29 is 29.3 Å². The zero-order valence-corrected chi connectivity index (χ0v) is 38.3. The van der Waals surface area contributed by atoms with Crippen LogP contribution in [0.2, 0.25) is 0 Å². The van der Waals surface area contributed by atoms with E-state index in [2.05, 4.69) is 45.9 Å². The lowest BCUT2D eigenvalue weighted by molar-refractivity contribution is -0.181. The van der Waals surface area contributed by atoms with E-state index in [1.54, 1.807) is 0 Å². The highest BCUT2D eigenvalue weighted by molar-refractivity contribution is 6.14. The average molecular weight is 840 g/mol. The first kappa shape index (κ1) is 43.2. The van der Waals surface area contributed by atoms with E-state index < -0.39 is 33.6 Å². The number of aliphatic hydroxyl groups excluding tert-OH is 1. The van der Waals surface area contributed by atoms with E-state index in [4.69, 9.17) is 4.74 Å². The van der Waals surface area contributed by atoms with E-state index in [1.807, 2.05) is 86.3 Å². The van der Waals surface area contributed by atoms with Crippen molar-refractivity contribution in [1.82, 2.24) is 4.90 Å². The summed E-state index contributed by atoms with van der Waals surface area (Å²) in [7, 11) is 0. The molecule has 9 atom stereocenters. The second-order valence-corrected chi connectivity index (χ2v) is 22.2. The molecule has 2 N–H and O–H groups in total. The van der Waals surface area contributed by atoms with Crippen molar-refractivity contribution in [1.29, 1.82) is 0 Å². The van der Waals surface area contributed by atoms with Crippen molar-refractivity contribution in [2.75, 3.05) is 13.1 Å². The normalized spacial score (nSPS) is 35.6. The molecule has 1 aliphatic heterocycles. The molecule has 9 unspecified atom stereocenters. The van der Waals surface area contributed by atoms with Gasteiger partial charge in [0.15, 0.2) is 11.4 Å². The molecule has 0 radical (unpaired) electrons. The summed E-state index contributed by atoms with van der Waals surface area (Å²) >= 11 is 0. The van der Waals surface area contributed by atoms with Crippen LogP contribution in [0.1, 0.15) is 152 Å². The summed E-state index contributed by atoms with van der Waals surface area (Å²) in [5.41, 5.74) is 1.54. The highest BCUT2D eigenvalue weighted by Gasteiger charge is 2.76. The van der Waals surface area contributed by atoms with Gasteiger partial charge in [-0.1, -0.05) is 113 Å². The lowest BCUT2D eigenvalue weighted by atomic mass is 9.45. The van der Waals surface area contributed by atoms with Gasteiger partial charge < -0.3 is 19.8 Å². The number of ether oxygens (including phenoxy) is 1. The molecular formula is C55H69NO6. The molecule has 0 aromatic heterocycles. The Bertz CT molecular complexity index is 2290. The van der Waals surface area contributed by atoms with Gasteiger partial charge in [-0.05, 0) is 148 Å². The van der Waals surface area contributed by atoms with Crippen LogP contribution in [0, 0.1) is 39.4 Å². The third-order valence-corrected chi connectivity index (χ3v) is 18.8. The van der Waals surface area contributed by atoms with Gasteiger partial charge in [-0.2, -0.15) is 0 Å². The number of fused-ring (bicyclic) bond motifs is 12. The number of allylic oxidation sites excluding steroid dienone is 2. The van der Waals surface area contributed by atoms with Gasteiger partial charge >= 0.3 is 5.97 Å². The third kappa shape index (κ3) is 6.52. The number of ketones is 1. The van der Waals surface area contributed by atoms with Gasteiger partial charge in [-0.25, -0.2) is 0 Å². The van der Waals surface area contributed by atoms with Crippen molar-refractivity contribution in [3.63, 3.8) is 0 Å². The van der Waals surface area contributed by atoms with Crippen molar-refractivity contribution >= 4 is 17.7 Å². The topological polar surface area (TPSA) is 104 Å². The zero-order chi connectivity index (χ0) is 44.0. The summed E-state index contributed by atoms with van der Waals surface area (Å²) in [6.45, 7) is 15.8. The van der Waals surface area contributed by atoms with Gasteiger partial charge in [-0.15, -0.1) is 0 Å². The predicted octanol–water partition coefficient (Wildman–Crippen LogP) is 10.6. The minimum Gasteiger partial charge on any atom is -0.448 e. The molecule has 7 aliphatic carbocycles. The summed E-state index contributed by atoms with van der Waals surface area (Å²) in [6, 6.07) is 24.0. The van der Waals surface area contributed by atoms with Crippen LogP contribution in [-0.4, -0.2) is 63.2 Å². The number of carbonyl (C=O) groups excluding carboxylic acids is 3. The number of carbonyl (C=O) groups is 3. The van der Waals surface area contributed by atoms with Crippen LogP contribution in [-0.2, 0) is 20.7 Å². The molecule has 62 heavy (non-hydrogen) atoms. The van der Waals surface area contributed by atoms with E-state index in [-0.39, 0.29) is 35.5 Å². The molecule has 6 bridgehead atoms. The van der Waals surface area contributed by atoms with E-state index >= 15 is 9.59 Å². The van der Waals surface area contributed by atoms with Crippen LogP contribution in [0.15, 0.2) is 84.4 Å². The standard InChI is InChI=1S/C55H69NO6/c1-35-14-13-26-52(6)45(42-24-20-36(30-40(57)23-19-35)31-44(42)47(58)43-18-12-11-17-41(43)37-15-9-8-10-16-37)25-27-54(52,61)34-56(33-38-21-22-39-32-46(38)50(39,2)3)48(59)55-29-28-53(7,49(60)62-55)51(55,4)5/h8-12,14-18,20,24,31,38-40,45-46,57,61H,13,19,21-23,25-30,32-34H2,1-7H3. The molecule has 6 fully saturated rings. The van der Waals surface area contributed by atoms with Crippen LogP contribution < -0.4 is 0 Å². The molecule has 7 heteroatoms. The molecule has 1 amide bonds. The van der Waals surface area contributed by atoms with Crippen LogP contribution in [0.5, 0.6) is 0 Å². The quantitative estimate of drug-likeness (QED) is 0.133. The molecule has 3 aromatic carbocycles. The minimum absolute atomic E-state index is 0.0689. The monoisotopic (exact) mass is 840 g/mol. The maximum Gasteiger partial charge on any atom is 0.313 e. The summed E-state index contributed by atoms with van der Waals surface area (Å²) < 4.78 is 6.30. The first-order valence-corrected chi connectivity index (χ1v) is 23.8.